The molecule has 0 bridgehead atoms. The van der Waals surface area contributed by atoms with Crippen LogP contribution in [0.2, 0.25) is 0 Å². The second kappa shape index (κ2) is 4.93. The van der Waals surface area contributed by atoms with E-state index in [0.29, 0.717) is 13.0 Å². The Bertz CT molecular complexity index is 232. The lowest BCUT2D eigenvalue weighted by Gasteiger charge is -2.21. The van der Waals surface area contributed by atoms with Crippen LogP contribution in [0, 0.1) is 0 Å². The highest BCUT2D eigenvalue weighted by molar-refractivity contribution is 5.83. The fourth-order valence-electron chi connectivity index (χ4n) is 1.62. The third-order valence-electron chi connectivity index (χ3n) is 2.25. The van der Waals surface area contributed by atoms with Crippen LogP contribution in [-0.2, 0) is 14.3 Å². The number of alkyl halides is 1. The minimum Gasteiger partial charge on any atom is -0.461 e. The number of amides is 1. The molecular weight excluding hydrogens is 189 g/mol. The van der Waals surface area contributed by atoms with Crippen LogP contribution in [-0.4, -0.2) is 42.6 Å². The van der Waals surface area contributed by atoms with Crippen LogP contribution in [0.5, 0.6) is 0 Å². The molecular formula is C9H14FNO3. The molecule has 0 saturated carbocycles. The Balaban J connectivity index is 2.49. The lowest BCUT2D eigenvalue weighted by molar-refractivity contribution is -0.153. The zero-order valence-electron chi connectivity index (χ0n) is 8.16. The van der Waals surface area contributed by atoms with Crippen LogP contribution in [0.3, 0.4) is 0 Å². The molecule has 1 saturated heterocycles. The predicted molar refractivity (Wildman–Crippen MR) is 47.3 cm³/mol. The van der Waals surface area contributed by atoms with E-state index in [9.17, 15) is 14.0 Å². The lowest BCUT2D eigenvalue weighted by Crippen LogP contribution is -2.40. The van der Waals surface area contributed by atoms with Gasteiger partial charge < -0.3 is 9.64 Å². The van der Waals surface area contributed by atoms with Gasteiger partial charge in [0.25, 0.3) is 0 Å². The first-order valence-corrected chi connectivity index (χ1v) is 4.66. The molecule has 4 nitrogen and oxygen atoms in total. The quantitative estimate of drug-likeness (QED) is 0.628. The van der Waals surface area contributed by atoms with Gasteiger partial charge in [-0.1, -0.05) is 0 Å². The first-order chi connectivity index (χ1) is 6.66. The Morgan fingerprint density at radius 1 is 1.57 bits per heavy atom. The molecule has 1 amide bonds. The molecule has 0 spiro atoms. The van der Waals surface area contributed by atoms with Gasteiger partial charge in [0.15, 0.2) is 0 Å². The highest BCUT2D eigenvalue weighted by atomic mass is 19.1. The third-order valence-corrected chi connectivity index (χ3v) is 2.25. The van der Waals surface area contributed by atoms with Gasteiger partial charge in [0, 0.05) is 13.5 Å². The van der Waals surface area contributed by atoms with Crippen LogP contribution < -0.4 is 0 Å². The molecule has 0 radical (unpaired) electrons. The van der Waals surface area contributed by atoms with E-state index >= 15 is 0 Å². The highest BCUT2D eigenvalue weighted by Crippen LogP contribution is 2.18. The molecule has 0 aliphatic carbocycles. The van der Waals surface area contributed by atoms with Crippen LogP contribution in [0.4, 0.5) is 4.39 Å². The van der Waals surface area contributed by atoms with Crippen molar-refractivity contribution in [2.75, 3.05) is 19.8 Å². The van der Waals surface area contributed by atoms with Gasteiger partial charge in [0.2, 0.25) is 5.91 Å². The minimum atomic E-state index is -0.682. The number of halogens is 1. The van der Waals surface area contributed by atoms with E-state index in [1.807, 2.05) is 0 Å². The molecule has 14 heavy (non-hydrogen) atoms. The summed E-state index contributed by atoms with van der Waals surface area (Å²) in [7, 11) is 0. The van der Waals surface area contributed by atoms with Gasteiger partial charge in [0.05, 0.1) is 0 Å². The number of nitrogens with zero attached hydrogens (tertiary/aromatic N) is 1. The number of carbonyl (C=O) groups is 2. The Kier molecular flexibility index (Phi) is 3.85. The summed E-state index contributed by atoms with van der Waals surface area (Å²) >= 11 is 0. The number of rotatable bonds is 3. The largest absolute Gasteiger partial charge is 0.461 e. The number of hydrogen-bond acceptors (Lipinski definition) is 3. The van der Waals surface area contributed by atoms with Gasteiger partial charge in [-0.05, 0) is 12.8 Å². The van der Waals surface area contributed by atoms with Crippen molar-refractivity contribution >= 4 is 11.9 Å². The molecule has 1 heterocycles. The van der Waals surface area contributed by atoms with Crippen molar-refractivity contribution in [1.29, 1.82) is 0 Å². The number of ether oxygens (including phenoxy) is 1. The van der Waals surface area contributed by atoms with Crippen molar-refractivity contribution < 1.29 is 18.7 Å². The molecule has 1 atom stereocenters. The fourth-order valence-corrected chi connectivity index (χ4v) is 1.62. The summed E-state index contributed by atoms with van der Waals surface area (Å²) < 4.78 is 16.4. The summed E-state index contributed by atoms with van der Waals surface area (Å²) in [5.74, 6) is -0.625. The van der Waals surface area contributed by atoms with Crippen molar-refractivity contribution in [3.63, 3.8) is 0 Å². The molecule has 0 aromatic rings. The molecule has 1 rings (SSSR count). The lowest BCUT2D eigenvalue weighted by atomic mass is 10.2. The van der Waals surface area contributed by atoms with E-state index in [1.165, 1.54) is 11.8 Å². The van der Waals surface area contributed by atoms with Crippen LogP contribution in [0.1, 0.15) is 19.8 Å². The Labute approximate surface area is 82.0 Å². The van der Waals surface area contributed by atoms with Gasteiger partial charge >= 0.3 is 5.97 Å². The molecule has 0 aromatic carbocycles. The van der Waals surface area contributed by atoms with Gasteiger partial charge in [-0.2, -0.15) is 0 Å². The summed E-state index contributed by atoms with van der Waals surface area (Å²) in [5.41, 5.74) is 0. The summed E-state index contributed by atoms with van der Waals surface area (Å²) in [6.45, 7) is 1.10. The fraction of sp³-hybridized carbons (Fsp3) is 0.778. The van der Waals surface area contributed by atoms with Crippen molar-refractivity contribution in [2.45, 2.75) is 25.8 Å². The normalized spacial score (nSPS) is 21.0. The highest BCUT2D eigenvalue weighted by Gasteiger charge is 2.33. The maximum Gasteiger partial charge on any atom is 0.328 e. The van der Waals surface area contributed by atoms with Gasteiger partial charge in [0.1, 0.15) is 19.3 Å². The van der Waals surface area contributed by atoms with Crippen LogP contribution >= 0.6 is 0 Å². The van der Waals surface area contributed by atoms with E-state index in [2.05, 4.69) is 4.74 Å². The molecule has 1 fully saturated rings. The molecule has 5 heteroatoms. The zero-order chi connectivity index (χ0) is 10.6. The maximum absolute atomic E-state index is 11.7. The summed E-state index contributed by atoms with van der Waals surface area (Å²) in [5, 5.41) is 0. The average Bonchev–Trinajstić information content (AvgIpc) is 2.62. The third kappa shape index (κ3) is 2.43. The molecule has 80 valence electrons. The van der Waals surface area contributed by atoms with E-state index in [1.54, 1.807) is 0 Å². The first-order valence-electron chi connectivity index (χ1n) is 4.66. The van der Waals surface area contributed by atoms with Crippen molar-refractivity contribution in [1.82, 2.24) is 4.90 Å². The van der Waals surface area contributed by atoms with E-state index < -0.39 is 18.7 Å². The molecule has 0 N–H and O–H groups in total. The predicted octanol–water partition coefficient (Wildman–Crippen LogP) is 0.510. The molecule has 1 aliphatic heterocycles. The second-order valence-electron chi connectivity index (χ2n) is 3.23. The van der Waals surface area contributed by atoms with Gasteiger partial charge in [-0.25, -0.2) is 9.18 Å². The monoisotopic (exact) mass is 203 g/mol. The minimum absolute atomic E-state index is 0.135. The van der Waals surface area contributed by atoms with Gasteiger partial charge in [-0.15, -0.1) is 0 Å². The van der Waals surface area contributed by atoms with Crippen LogP contribution in [0.15, 0.2) is 0 Å². The first kappa shape index (κ1) is 10.9. The summed E-state index contributed by atoms with van der Waals surface area (Å²) in [4.78, 5) is 23.9. The Morgan fingerprint density at radius 3 is 2.86 bits per heavy atom. The smallest absolute Gasteiger partial charge is 0.328 e. The summed E-state index contributed by atoms with van der Waals surface area (Å²) in [6.07, 6.45) is 1.42. The van der Waals surface area contributed by atoms with E-state index in [-0.39, 0.29) is 12.5 Å². The maximum atomic E-state index is 11.7. The topological polar surface area (TPSA) is 46.6 Å². The number of hydrogen-bond donors (Lipinski definition) is 0. The van der Waals surface area contributed by atoms with Crippen molar-refractivity contribution in [3.05, 3.63) is 0 Å². The summed E-state index contributed by atoms with van der Waals surface area (Å²) in [6, 6.07) is -0.501. The Hall–Kier alpha value is -1.13. The number of esters is 1. The zero-order valence-corrected chi connectivity index (χ0v) is 8.16. The van der Waals surface area contributed by atoms with Crippen molar-refractivity contribution in [2.24, 2.45) is 0 Å². The standard InChI is InChI=1S/C9H14FNO3/c1-7(12)11-5-2-3-8(11)9(13)14-6-4-10/h8H,2-6H2,1H3/t8-/m0/s1. The molecule has 1 aliphatic rings. The average molecular weight is 203 g/mol. The second-order valence-corrected chi connectivity index (χ2v) is 3.23. The number of likely N-dealkylation sites (tertiary alicyclic amines) is 1. The van der Waals surface area contributed by atoms with E-state index in [4.69, 9.17) is 0 Å². The van der Waals surface area contributed by atoms with Crippen molar-refractivity contribution in [3.8, 4) is 0 Å². The Morgan fingerprint density at radius 2 is 2.29 bits per heavy atom. The van der Waals surface area contributed by atoms with Gasteiger partial charge in [-0.3, -0.25) is 4.79 Å². The van der Waals surface area contributed by atoms with E-state index in [0.717, 1.165) is 6.42 Å². The number of carbonyl (C=O) groups excluding carboxylic acids is 2. The molecule has 0 aromatic heterocycles. The molecule has 0 unspecified atom stereocenters. The SMILES string of the molecule is CC(=O)N1CCC[C@H]1C(=O)OCCF. The van der Waals surface area contributed by atoms with Crippen LogP contribution in [0.25, 0.3) is 0 Å².